The highest BCUT2D eigenvalue weighted by molar-refractivity contribution is 6.01. The maximum atomic E-state index is 12.2. The fourth-order valence-electron chi connectivity index (χ4n) is 2.38. The molecule has 1 aliphatic rings. The molecule has 114 valence electrons. The second-order valence-corrected chi connectivity index (χ2v) is 5.55. The van der Waals surface area contributed by atoms with E-state index in [9.17, 15) is 14.7 Å². The summed E-state index contributed by atoms with van der Waals surface area (Å²) in [5, 5.41) is 14.8. The van der Waals surface area contributed by atoms with Crippen LogP contribution in [0.15, 0.2) is 18.2 Å². The quantitative estimate of drug-likeness (QED) is 0.798. The predicted molar refractivity (Wildman–Crippen MR) is 78.8 cm³/mol. The molecule has 21 heavy (non-hydrogen) atoms. The summed E-state index contributed by atoms with van der Waals surface area (Å²) in [4.78, 5) is 23.4. The van der Waals surface area contributed by atoms with Crippen LogP contribution in [0, 0.1) is 6.92 Å². The Labute approximate surface area is 123 Å². The fourth-order valence-corrected chi connectivity index (χ4v) is 2.38. The molecule has 0 unspecified atom stereocenters. The highest BCUT2D eigenvalue weighted by Crippen LogP contribution is 2.22. The monoisotopic (exact) mass is 292 g/mol. The van der Waals surface area contributed by atoms with Crippen molar-refractivity contribution in [2.45, 2.75) is 32.2 Å². The van der Waals surface area contributed by atoms with Crippen LogP contribution in [-0.2, 0) is 4.74 Å². The first-order valence-electron chi connectivity index (χ1n) is 6.91. The van der Waals surface area contributed by atoms with E-state index in [2.05, 4.69) is 10.6 Å². The number of aryl methyl sites for hydroxylation is 1. The van der Waals surface area contributed by atoms with Gasteiger partial charge in [-0.1, -0.05) is 12.1 Å². The number of amides is 2. The Morgan fingerprint density at radius 3 is 2.57 bits per heavy atom. The molecule has 1 fully saturated rings. The zero-order valence-corrected chi connectivity index (χ0v) is 12.2. The number of carboxylic acid groups (broad SMARTS) is 1. The Morgan fingerprint density at radius 1 is 1.29 bits per heavy atom. The van der Waals surface area contributed by atoms with E-state index < -0.39 is 12.0 Å². The van der Waals surface area contributed by atoms with Crippen LogP contribution in [0.3, 0.4) is 0 Å². The highest BCUT2D eigenvalue weighted by atomic mass is 16.5. The number of urea groups is 1. The van der Waals surface area contributed by atoms with Crippen LogP contribution in [0.2, 0.25) is 0 Å². The molecule has 3 N–H and O–H groups in total. The van der Waals surface area contributed by atoms with Gasteiger partial charge < -0.3 is 20.5 Å². The maximum absolute atomic E-state index is 12.2. The lowest BCUT2D eigenvalue weighted by atomic mass is 9.93. The van der Waals surface area contributed by atoms with Crippen molar-refractivity contribution in [2.75, 3.05) is 18.5 Å². The lowest BCUT2D eigenvalue weighted by Crippen LogP contribution is -2.51. The van der Waals surface area contributed by atoms with Gasteiger partial charge in [0.2, 0.25) is 0 Å². The van der Waals surface area contributed by atoms with Crippen LogP contribution < -0.4 is 10.6 Å². The Balaban J connectivity index is 2.11. The van der Waals surface area contributed by atoms with Gasteiger partial charge in [0.05, 0.1) is 11.3 Å². The number of carbonyl (C=O) groups is 2. The zero-order valence-electron chi connectivity index (χ0n) is 12.2. The first kappa shape index (κ1) is 15.3. The largest absolute Gasteiger partial charge is 0.478 e. The maximum Gasteiger partial charge on any atom is 0.337 e. The van der Waals surface area contributed by atoms with Gasteiger partial charge in [0, 0.05) is 18.8 Å². The molecular formula is C15H20N2O4. The average Bonchev–Trinajstić information content (AvgIpc) is 2.41. The summed E-state index contributed by atoms with van der Waals surface area (Å²) in [5.74, 6) is -1.06. The van der Waals surface area contributed by atoms with E-state index in [-0.39, 0.29) is 11.1 Å². The van der Waals surface area contributed by atoms with E-state index in [1.165, 1.54) is 6.07 Å². The third-order valence-corrected chi connectivity index (χ3v) is 3.75. The van der Waals surface area contributed by atoms with Gasteiger partial charge in [-0.25, -0.2) is 9.59 Å². The van der Waals surface area contributed by atoms with Gasteiger partial charge in [0.15, 0.2) is 0 Å². The molecule has 0 atom stereocenters. The second kappa shape index (κ2) is 6.13. The van der Waals surface area contributed by atoms with Crippen LogP contribution in [0.25, 0.3) is 0 Å². The lowest BCUT2D eigenvalue weighted by molar-refractivity contribution is 0.0499. The number of benzene rings is 1. The van der Waals surface area contributed by atoms with Crippen molar-refractivity contribution in [3.63, 3.8) is 0 Å². The van der Waals surface area contributed by atoms with Crippen LogP contribution in [0.4, 0.5) is 10.5 Å². The average molecular weight is 292 g/mol. The molecule has 2 amide bonds. The predicted octanol–water partition coefficient (Wildman–Crippen LogP) is 2.38. The normalized spacial score (nSPS) is 17.0. The van der Waals surface area contributed by atoms with Crippen LogP contribution in [-0.4, -0.2) is 35.9 Å². The Morgan fingerprint density at radius 2 is 1.95 bits per heavy atom. The molecule has 0 aliphatic carbocycles. The first-order chi connectivity index (χ1) is 9.91. The molecule has 0 radical (unpaired) electrons. The molecule has 1 heterocycles. The number of rotatable bonds is 3. The minimum atomic E-state index is -1.06. The van der Waals surface area contributed by atoms with Gasteiger partial charge in [-0.2, -0.15) is 0 Å². The molecule has 0 saturated carbocycles. The summed E-state index contributed by atoms with van der Waals surface area (Å²) < 4.78 is 5.29. The molecule has 0 aromatic heterocycles. The molecule has 0 bridgehead atoms. The summed E-state index contributed by atoms with van der Waals surface area (Å²) >= 11 is 0. The van der Waals surface area contributed by atoms with Gasteiger partial charge in [0.25, 0.3) is 0 Å². The molecule has 0 spiro atoms. The fraction of sp³-hybridized carbons (Fsp3) is 0.467. The third kappa shape index (κ3) is 3.72. The summed E-state index contributed by atoms with van der Waals surface area (Å²) in [6, 6.07) is 4.50. The number of ether oxygens (including phenoxy) is 1. The number of aromatic carboxylic acids is 1. The minimum absolute atomic E-state index is 0.0854. The standard InChI is InChI=1S/C15H20N2O4/c1-10-4-3-5-11(13(18)19)12(10)16-14(20)17-15(2)6-8-21-9-7-15/h3-5H,6-9H2,1-2H3,(H,18,19)(H2,16,17,20). The SMILES string of the molecule is Cc1cccc(C(=O)O)c1NC(=O)NC1(C)CCOCC1. The highest BCUT2D eigenvalue weighted by Gasteiger charge is 2.29. The first-order valence-corrected chi connectivity index (χ1v) is 6.91. The number of hydrogen-bond acceptors (Lipinski definition) is 3. The minimum Gasteiger partial charge on any atom is -0.478 e. The number of para-hydroxylation sites is 1. The zero-order chi connectivity index (χ0) is 15.5. The van der Waals surface area contributed by atoms with E-state index in [0.29, 0.717) is 24.5 Å². The summed E-state index contributed by atoms with van der Waals surface area (Å²) in [6.07, 6.45) is 1.47. The molecule has 6 nitrogen and oxygen atoms in total. The van der Waals surface area contributed by atoms with Gasteiger partial charge in [-0.05, 0) is 38.3 Å². The summed E-state index contributed by atoms with van der Waals surface area (Å²) in [7, 11) is 0. The van der Waals surface area contributed by atoms with E-state index >= 15 is 0 Å². The van der Waals surface area contributed by atoms with E-state index in [0.717, 1.165) is 12.8 Å². The van der Waals surface area contributed by atoms with Gasteiger partial charge in [-0.3, -0.25) is 0 Å². The van der Waals surface area contributed by atoms with Crippen molar-refractivity contribution < 1.29 is 19.4 Å². The number of nitrogens with one attached hydrogen (secondary N) is 2. The summed E-state index contributed by atoms with van der Waals surface area (Å²) in [6.45, 7) is 4.95. The van der Waals surface area contributed by atoms with Gasteiger partial charge >= 0.3 is 12.0 Å². The summed E-state index contributed by atoms with van der Waals surface area (Å²) in [5.41, 5.74) is 0.802. The Bertz CT molecular complexity index is 551. The van der Waals surface area contributed by atoms with Gasteiger partial charge in [-0.15, -0.1) is 0 Å². The smallest absolute Gasteiger partial charge is 0.337 e. The molecule has 1 saturated heterocycles. The number of hydrogen-bond donors (Lipinski definition) is 3. The molecule has 1 aromatic carbocycles. The number of carboxylic acids is 1. The second-order valence-electron chi connectivity index (χ2n) is 5.55. The van der Waals surface area contributed by atoms with Crippen molar-refractivity contribution in [3.05, 3.63) is 29.3 Å². The van der Waals surface area contributed by atoms with Crippen LogP contribution >= 0.6 is 0 Å². The van der Waals surface area contributed by atoms with E-state index in [1.54, 1.807) is 19.1 Å². The number of anilines is 1. The van der Waals surface area contributed by atoms with Crippen molar-refractivity contribution in [2.24, 2.45) is 0 Å². The molecule has 6 heteroatoms. The van der Waals surface area contributed by atoms with E-state index in [1.807, 2.05) is 6.92 Å². The van der Waals surface area contributed by atoms with Gasteiger partial charge in [0.1, 0.15) is 0 Å². The van der Waals surface area contributed by atoms with Crippen molar-refractivity contribution in [1.82, 2.24) is 5.32 Å². The number of carbonyl (C=O) groups excluding carboxylic acids is 1. The van der Waals surface area contributed by atoms with E-state index in [4.69, 9.17) is 4.74 Å². The Hall–Kier alpha value is -2.08. The van der Waals surface area contributed by atoms with Crippen molar-refractivity contribution >= 4 is 17.7 Å². The van der Waals surface area contributed by atoms with Crippen molar-refractivity contribution in [1.29, 1.82) is 0 Å². The molecule has 1 aromatic rings. The topological polar surface area (TPSA) is 87.7 Å². The van der Waals surface area contributed by atoms with Crippen LogP contribution in [0.1, 0.15) is 35.7 Å². The lowest BCUT2D eigenvalue weighted by Gasteiger charge is -2.34. The van der Waals surface area contributed by atoms with Crippen molar-refractivity contribution in [3.8, 4) is 0 Å². The molecular weight excluding hydrogens is 272 g/mol. The Kier molecular flexibility index (Phi) is 4.47. The molecule has 2 rings (SSSR count). The molecule has 1 aliphatic heterocycles. The van der Waals surface area contributed by atoms with Crippen LogP contribution in [0.5, 0.6) is 0 Å². The third-order valence-electron chi connectivity index (χ3n) is 3.75.